The Labute approximate surface area is 234 Å². The van der Waals surface area contributed by atoms with Crippen LogP contribution >= 0.6 is 0 Å². The van der Waals surface area contributed by atoms with Crippen molar-refractivity contribution in [3.63, 3.8) is 0 Å². The minimum Gasteiger partial charge on any atom is -0.369 e. The fourth-order valence-corrected chi connectivity index (χ4v) is 6.27. The lowest BCUT2D eigenvalue weighted by atomic mass is 9.78. The lowest BCUT2D eigenvalue weighted by molar-refractivity contribution is -0.138. The molecule has 0 aromatic heterocycles. The van der Waals surface area contributed by atoms with E-state index in [1.54, 1.807) is 4.90 Å². The summed E-state index contributed by atoms with van der Waals surface area (Å²) in [5, 5.41) is 3.03. The summed E-state index contributed by atoms with van der Waals surface area (Å²) in [6, 6.07) is 6.39. The molecule has 2 amide bonds. The third-order valence-electron chi connectivity index (χ3n) is 8.41. The van der Waals surface area contributed by atoms with Crippen molar-refractivity contribution in [3.05, 3.63) is 29.8 Å². The zero-order valence-corrected chi connectivity index (χ0v) is 25.0. The van der Waals surface area contributed by atoms with Gasteiger partial charge in [0.1, 0.15) is 18.7 Å². The van der Waals surface area contributed by atoms with Crippen molar-refractivity contribution in [2.24, 2.45) is 16.7 Å². The Morgan fingerprint density at radius 1 is 1.03 bits per heavy atom. The van der Waals surface area contributed by atoms with Crippen molar-refractivity contribution in [1.29, 1.82) is 0 Å². The van der Waals surface area contributed by atoms with E-state index in [0.717, 1.165) is 38.4 Å². The first-order chi connectivity index (χ1) is 18.3. The van der Waals surface area contributed by atoms with Crippen LogP contribution in [-0.2, 0) is 14.3 Å². The van der Waals surface area contributed by atoms with E-state index in [1.807, 2.05) is 24.3 Å². The number of Topliss-reactive ketones (excluding diaryl/α,β-unsaturated/α-hetero) is 1. The van der Waals surface area contributed by atoms with Gasteiger partial charge in [0.15, 0.2) is 5.78 Å². The Bertz CT molecular complexity index is 1030. The van der Waals surface area contributed by atoms with E-state index in [2.05, 4.69) is 63.6 Å². The summed E-state index contributed by atoms with van der Waals surface area (Å²) >= 11 is 0. The lowest BCUT2D eigenvalue weighted by Crippen LogP contribution is -2.53. The monoisotopic (exact) mass is 540 g/mol. The molecular weight excluding hydrogens is 492 g/mol. The van der Waals surface area contributed by atoms with Gasteiger partial charge in [-0.1, -0.05) is 48.5 Å². The van der Waals surface area contributed by atoms with Gasteiger partial charge in [-0.15, -0.1) is 0 Å². The number of rotatable bonds is 7. The summed E-state index contributed by atoms with van der Waals surface area (Å²) in [4.78, 5) is 46.7. The van der Waals surface area contributed by atoms with Crippen molar-refractivity contribution < 1.29 is 19.1 Å². The van der Waals surface area contributed by atoms with Gasteiger partial charge in [0.25, 0.3) is 5.91 Å². The largest absolute Gasteiger partial charge is 0.369 e. The molecule has 3 saturated heterocycles. The summed E-state index contributed by atoms with van der Waals surface area (Å²) in [6.45, 7) is 20.4. The second kappa shape index (κ2) is 11.6. The van der Waals surface area contributed by atoms with Crippen molar-refractivity contribution in [2.45, 2.75) is 79.5 Å². The van der Waals surface area contributed by atoms with Gasteiger partial charge in [-0.05, 0) is 54.5 Å². The summed E-state index contributed by atoms with van der Waals surface area (Å²) in [5.74, 6) is -0.457. The summed E-state index contributed by atoms with van der Waals surface area (Å²) < 4.78 is 5.88. The van der Waals surface area contributed by atoms with E-state index < -0.39 is 12.1 Å². The van der Waals surface area contributed by atoms with Gasteiger partial charge in [0.05, 0.1) is 6.10 Å². The van der Waals surface area contributed by atoms with Crippen LogP contribution in [-0.4, -0.2) is 91.5 Å². The Morgan fingerprint density at radius 2 is 1.67 bits per heavy atom. The molecule has 0 unspecified atom stereocenters. The number of likely N-dealkylation sites (tertiary alicyclic amines) is 1. The van der Waals surface area contributed by atoms with E-state index in [9.17, 15) is 14.4 Å². The summed E-state index contributed by atoms with van der Waals surface area (Å²) in [7, 11) is 0. The number of piperazine rings is 1. The Kier molecular flexibility index (Phi) is 8.76. The van der Waals surface area contributed by atoms with Crippen LogP contribution in [0, 0.1) is 16.7 Å². The van der Waals surface area contributed by atoms with Crippen LogP contribution in [0.25, 0.3) is 0 Å². The molecule has 0 bridgehead atoms. The molecule has 8 heteroatoms. The zero-order chi connectivity index (χ0) is 28.5. The third-order valence-corrected chi connectivity index (χ3v) is 8.41. The van der Waals surface area contributed by atoms with Crippen molar-refractivity contribution in [3.8, 4) is 0 Å². The number of nitrogens with one attached hydrogen (secondary N) is 1. The molecule has 3 aliphatic rings. The van der Waals surface area contributed by atoms with E-state index in [4.69, 9.17) is 4.74 Å². The molecule has 216 valence electrons. The molecule has 4 atom stereocenters. The molecule has 1 aromatic rings. The maximum atomic E-state index is 14.0. The third kappa shape index (κ3) is 6.83. The highest BCUT2D eigenvalue weighted by atomic mass is 16.5. The molecule has 0 radical (unpaired) electrons. The van der Waals surface area contributed by atoms with E-state index in [1.165, 1.54) is 6.42 Å². The second-order valence-electron chi connectivity index (χ2n) is 13.8. The first kappa shape index (κ1) is 29.5. The number of ketones is 1. The summed E-state index contributed by atoms with van der Waals surface area (Å²) in [5.41, 5.74) is 1.33. The van der Waals surface area contributed by atoms with Crippen LogP contribution in [0.2, 0.25) is 0 Å². The minimum absolute atomic E-state index is 0.0436. The minimum atomic E-state index is -0.725. The topological polar surface area (TPSA) is 82.2 Å². The van der Waals surface area contributed by atoms with E-state index in [0.29, 0.717) is 18.5 Å². The van der Waals surface area contributed by atoms with Crippen LogP contribution in [0.4, 0.5) is 5.69 Å². The van der Waals surface area contributed by atoms with Gasteiger partial charge in [-0.25, -0.2) is 0 Å². The van der Waals surface area contributed by atoms with Crippen LogP contribution in [0.3, 0.4) is 0 Å². The molecule has 0 aliphatic carbocycles. The number of benzene rings is 1. The predicted molar refractivity (Wildman–Crippen MR) is 154 cm³/mol. The average Bonchev–Trinajstić information content (AvgIpc) is 3.44. The molecule has 4 rings (SSSR count). The number of nitrogens with zero attached hydrogens (tertiary/aromatic N) is 3. The molecule has 8 nitrogen and oxygen atoms in total. The van der Waals surface area contributed by atoms with Gasteiger partial charge in [-0.2, -0.15) is 0 Å². The average molecular weight is 541 g/mol. The van der Waals surface area contributed by atoms with Crippen molar-refractivity contribution in [2.75, 3.05) is 50.8 Å². The fourth-order valence-electron chi connectivity index (χ4n) is 6.27. The molecule has 0 saturated carbocycles. The lowest BCUT2D eigenvalue weighted by Gasteiger charge is -2.36. The zero-order valence-electron chi connectivity index (χ0n) is 25.0. The Hall–Kier alpha value is -2.45. The number of ether oxygens (including phenoxy) is 1. The quantitative estimate of drug-likeness (QED) is 0.569. The van der Waals surface area contributed by atoms with Gasteiger partial charge in [0.2, 0.25) is 5.91 Å². The van der Waals surface area contributed by atoms with Gasteiger partial charge < -0.3 is 19.9 Å². The highest BCUT2D eigenvalue weighted by Crippen LogP contribution is 2.42. The number of carbonyl (C=O) groups excluding carboxylic acids is 3. The fraction of sp³-hybridized carbons (Fsp3) is 0.710. The van der Waals surface area contributed by atoms with E-state index in [-0.39, 0.29) is 47.1 Å². The van der Waals surface area contributed by atoms with Crippen LogP contribution in [0.1, 0.15) is 71.7 Å². The number of hydrogen-bond donors (Lipinski definition) is 1. The van der Waals surface area contributed by atoms with E-state index >= 15 is 0 Å². The van der Waals surface area contributed by atoms with Crippen molar-refractivity contribution in [1.82, 2.24) is 15.1 Å². The smallest absolute Gasteiger partial charge is 0.251 e. The molecular formula is C31H48N4O4. The molecule has 1 aromatic carbocycles. The number of carbonyl (C=O) groups is 3. The van der Waals surface area contributed by atoms with Crippen LogP contribution < -0.4 is 10.2 Å². The van der Waals surface area contributed by atoms with Gasteiger partial charge in [-0.3, -0.25) is 19.3 Å². The SMILES string of the molecule is CCCN1CCN(c2ccc(C(=O)N[C@@H](CC(C)(C)C)C(=O)N3C[C@H](C(C)(C)C)[C@H]4OCC(=O)[C@H]43)cc2)CC1. The predicted octanol–water partition coefficient (Wildman–Crippen LogP) is 3.59. The molecule has 1 N–H and O–H groups in total. The molecule has 39 heavy (non-hydrogen) atoms. The van der Waals surface area contributed by atoms with Gasteiger partial charge >= 0.3 is 0 Å². The number of hydrogen-bond acceptors (Lipinski definition) is 6. The van der Waals surface area contributed by atoms with Crippen molar-refractivity contribution >= 4 is 23.3 Å². The number of fused-ring (bicyclic) bond motifs is 1. The first-order valence-electron chi connectivity index (χ1n) is 14.6. The Morgan fingerprint density at radius 3 is 2.23 bits per heavy atom. The Balaban J connectivity index is 1.47. The van der Waals surface area contributed by atoms with Crippen LogP contribution in [0.15, 0.2) is 24.3 Å². The number of anilines is 1. The summed E-state index contributed by atoms with van der Waals surface area (Å²) in [6.07, 6.45) is 1.35. The van der Waals surface area contributed by atoms with Crippen LogP contribution in [0.5, 0.6) is 0 Å². The molecule has 3 fully saturated rings. The number of amides is 2. The molecule has 3 aliphatic heterocycles. The normalized spacial score (nSPS) is 25.1. The highest BCUT2D eigenvalue weighted by Gasteiger charge is 2.56. The second-order valence-corrected chi connectivity index (χ2v) is 13.8. The molecule has 3 heterocycles. The first-order valence-corrected chi connectivity index (χ1v) is 14.6. The maximum Gasteiger partial charge on any atom is 0.251 e. The van der Waals surface area contributed by atoms with Gasteiger partial charge in [0, 0.05) is 49.9 Å². The highest BCUT2D eigenvalue weighted by molar-refractivity contribution is 5.99. The maximum absolute atomic E-state index is 14.0. The molecule has 0 spiro atoms. The standard InChI is InChI=1S/C31H48N4O4/c1-8-13-33-14-16-34(17-15-33)22-11-9-21(10-12-22)28(37)32-24(18-30(2,3)4)29(38)35-19-23(31(5,6)7)27-26(35)25(36)20-39-27/h9-12,23-24,26-27H,8,13-20H2,1-7H3,(H,32,37)/t23-,24-,26+,27+/m0/s1.